The van der Waals surface area contributed by atoms with Crippen LogP contribution in [0.1, 0.15) is 0 Å². The third kappa shape index (κ3) is 1.89. The summed E-state index contributed by atoms with van der Waals surface area (Å²) in [7, 11) is 0. The Labute approximate surface area is 65.8 Å². The Balaban J connectivity index is 2.67. The lowest BCUT2D eigenvalue weighted by atomic mass is 10.6. The van der Waals surface area contributed by atoms with Crippen molar-refractivity contribution in [2.45, 2.75) is 0 Å². The van der Waals surface area contributed by atoms with Crippen LogP contribution in [0.4, 0.5) is 4.79 Å². The van der Waals surface area contributed by atoms with Crippen LogP contribution in [0.3, 0.4) is 0 Å². The van der Waals surface area contributed by atoms with Crippen LogP contribution in [0.25, 0.3) is 0 Å². The van der Waals surface area contributed by atoms with E-state index in [9.17, 15) is 4.79 Å². The van der Waals surface area contributed by atoms with E-state index in [-0.39, 0.29) is 5.06 Å². The normalized spacial score (nSPS) is 9.30. The number of hydrogen-bond donors (Lipinski definition) is 1. The summed E-state index contributed by atoms with van der Waals surface area (Å²) in [6.07, 6.45) is -1.32. The highest BCUT2D eigenvalue weighted by molar-refractivity contribution is 7.12. The largest absolute Gasteiger partial charge is 0.512 e. The molecule has 10 heavy (non-hydrogen) atoms. The molecule has 1 aromatic heterocycles. The molecule has 1 heterocycles. The SMILES string of the molecule is O=C(O)Oc1cc(Cl)cs1. The maximum Gasteiger partial charge on any atom is 0.512 e. The van der Waals surface area contributed by atoms with E-state index in [1.165, 1.54) is 6.07 Å². The Hall–Kier alpha value is -0.740. The second kappa shape index (κ2) is 2.90. The molecular weight excluding hydrogens is 176 g/mol. The Kier molecular flexibility index (Phi) is 2.13. The van der Waals surface area contributed by atoms with Crippen molar-refractivity contribution in [3.63, 3.8) is 0 Å². The van der Waals surface area contributed by atoms with Crippen LogP contribution in [0.15, 0.2) is 11.4 Å². The van der Waals surface area contributed by atoms with Crippen molar-refractivity contribution in [3.05, 3.63) is 16.5 Å². The first kappa shape index (κ1) is 7.37. The summed E-state index contributed by atoms with van der Waals surface area (Å²) in [5, 5.41) is 10.5. The van der Waals surface area contributed by atoms with Crippen molar-refractivity contribution in [1.29, 1.82) is 0 Å². The molecule has 1 N–H and O–H groups in total. The van der Waals surface area contributed by atoms with E-state index in [0.717, 1.165) is 11.3 Å². The van der Waals surface area contributed by atoms with Gasteiger partial charge >= 0.3 is 6.16 Å². The average Bonchev–Trinajstić information content (AvgIpc) is 2.13. The van der Waals surface area contributed by atoms with Crippen molar-refractivity contribution in [3.8, 4) is 5.06 Å². The van der Waals surface area contributed by atoms with Gasteiger partial charge in [0.2, 0.25) is 0 Å². The summed E-state index contributed by atoms with van der Waals surface area (Å²) < 4.78 is 4.29. The third-order valence-electron chi connectivity index (χ3n) is 0.731. The lowest BCUT2D eigenvalue weighted by Crippen LogP contribution is -2.00. The number of halogens is 1. The summed E-state index contributed by atoms with van der Waals surface area (Å²) in [5.41, 5.74) is 0. The fraction of sp³-hybridized carbons (Fsp3) is 0. The Morgan fingerprint density at radius 1 is 1.80 bits per heavy atom. The third-order valence-corrected chi connectivity index (χ3v) is 1.88. The van der Waals surface area contributed by atoms with Gasteiger partial charge in [0.25, 0.3) is 0 Å². The fourth-order valence-electron chi connectivity index (χ4n) is 0.435. The van der Waals surface area contributed by atoms with Gasteiger partial charge in [-0.25, -0.2) is 4.79 Å². The minimum Gasteiger partial charge on any atom is -0.449 e. The molecule has 0 amide bonds. The van der Waals surface area contributed by atoms with Crippen molar-refractivity contribution in [1.82, 2.24) is 0 Å². The summed E-state index contributed by atoms with van der Waals surface area (Å²) in [5.74, 6) is 0. The molecule has 0 aliphatic carbocycles. The van der Waals surface area contributed by atoms with E-state index in [4.69, 9.17) is 16.7 Å². The van der Waals surface area contributed by atoms with E-state index in [1.54, 1.807) is 5.38 Å². The van der Waals surface area contributed by atoms with Gasteiger partial charge in [-0.3, -0.25) is 0 Å². The highest BCUT2D eigenvalue weighted by Crippen LogP contribution is 2.26. The molecular formula is C5H3ClO3S. The molecule has 0 aromatic carbocycles. The Bertz CT molecular complexity index is 245. The van der Waals surface area contributed by atoms with Gasteiger partial charge in [0.05, 0.1) is 5.02 Å². The van der Waals surface area contributed by atoms with Crippen LogP contribution in [0.2, 0.25) is 5.02 Å². The van der Waals surface area contributed by atoms with Gasteiger partial charge in [-0.15, -0.1) is 11.3 Å². The highest BCUT2D eigenvalue weighted by atomic mass is 35.5. The number of carboxylic acid groups (broad SMARTS) is 1. The summed E-state index contributed by atoms with van der Waals surface area (Å²) in [6.45, 7) is 0. The molecule has 0 saturated carbocycles. The average molecular weight is 179 g/mol. The topological polar surface area (TPSA) is 46.5 Å². The molecule has 0 radical (unpaired) electrons. The first-order chi connectivity index (χ1) is 4.68. The predicted molar refractivity (Wildman–Crippen MR) is 38.0 cm³/mol. The number of hydrogen-bond acceptors (Lipinski definition) is 3. The zero-order chi connectivity index (χ0) is 7.56. The molecule has 0 aliphatic rings. The molecule has 1 rings (SSSR count). The van der Waals surface area contributed by atoms with Crippen molar-refractivity contribution in [2.75, 3.05) is 0 Å². The number of rotatable bonds is 1. The number of ether oxygens (including phenoxy) is 1. The minimum atomic E-state index is -1.32. The summed E-state index contributed by atoms with van der Waals surface area (Å²) in [6, 6.07) is 1.44. The van der Waals surface area contributed by atoms with Gasteiger partial charge in [-0.1, -0.05) is 11.6 Å². The van der Waals surface area contributed by atoms with Gasteiger partial charge in [0, 0.05) is 11.4 Å². The van der Waals surface area contributed by atoms with Crippen LogP contribution < -0.4 is 4.74 Å². The van der Waals surface area contributed by atoms with Crippen LogP contribution in [0.5, 0.6) is 5.06 Å². The summed E-state index contributed by atoms with van der Waals surface area (Å²) >= 11 is 6.62. The van der Waals surface area contributed by atoms with Crippen LogP contribution in [0, 0.1) is 0 Å². The maximum atomic E-state index is 9.92. The molecule has 0 spiro atoms. The second-order valence-corrected chi connectivity index (χ2v) is 2.76. The van der Waals surface area contributed by atoms with E-state index in [2.05, 4.69) is 4.74 Å². The standard InChI is InChI=1S/C5H3ClO3S/c6-3-1-4(10-2-3)9-5(7)8/h1-2H,(H,7,8). The molecule has 0 aliphatic heterocycles. The molecule has 54 valence electrons. The molecule has 5 heteroatoms. The monoisotopic (exact) mass is 178 g/mol. The molecule has 0 fully saturated rings. The van der Waals surface area contributed by atoms with Crippen molar-refractivity contribution in [2.24, 2.45) is 0 Å². The van der Waals surface area contributed by atoms with Gasteiger partial charge in [0.1, 0.15) is 0 Å². The first-order valence-electron chi connectivity index (χ1n) is 2.33. The van der Waals surface area contributed by atoms with E-state index >= 15 is 0 Å². The van der Waals surface area contributed by atoms with Crippen molar-refractivity contribution < 1.29 is 14.6 Å². The smallest absolute Gasteiger partial charge is 0.449 e. The predicted octanol–water partition coefficient (Wildman–Crippen LogP) is 2.46. The van der Waals surface area contributed by atoms with Crippen LogP contribution in [-0.4, -0.2) is 11.3 Å². The zero-order valence-corrected chi connectivity index (χ0v) is 6.28. The van der Waals surface area contributed by atoms with Gasteiger partial charge < -0.3 is 9.84 Å². The Morgan fingerprint density at radius 3 is 2.90 bits per heavy atom. The van der Waals surface area contributed by atoms with Crippen molar-refractivity contribution >= 4 is 29.1 Å². The molecule has 0 atom stereocenters. The Morgan fingerprint density at radius 2 is 2.50 bits per heavy atom. The summed E-state index contributed by atoms with van der Waals surface area (Å²) in [4.78, 5) is 9.92. The number of thiophene rings is 1. The van der Waals surface area contributed by atoms with E-state index < -0.39 is 6.16 Å². The van der Waals surface area contributed by atoms with Gasteiger partial charge in [-0.05, 0) is 0 Å². The fourth-order valence-corrected chi connectivity index (χ4v) is 1.34. The van der Waals surface area contributed by atoms with Gasteiger partial charge in [0.15, 0.2) is 5.06 Å². The maximum absolute atomic E-state index is 9.92. The molecule has 0 saturated heterocycles. The zero-order valence-electron chi connectivity index (χ0n) is 4.70. The number of carbonyl (C=O) groups is 1. The quantitative estimate of drug-likeness (QED) is 0.672. The van der Waals surface area contributed by atoms with Crippen LogP contribution in [-0.2, 0) is 0 Å². The molecule has 3 nitrogen and oxygen atoms in total. The first-order valence-corrected chi connectivity index (χ1v) is 3.59. The molecule has 0 unspecified atom stereocenters. The minimum absolute atomic E-state index is 0.289. The molecule has 1 aromatic rings. The second-order valence-electron chi connectivity index (χ2n) is 1.45. The highest BCUT2D eigenvalue weighted by Gasteiger charge is 2.02. The van der Waals surface area contributed by atoms with E-state index in [1.807, 2.05) is 0 Å². The lowest BCUT2D eigenvalue weighted by Gasteiger charge is -1.90. The van der Waals surface area contributed by atoms with E-state index in [0.29, 0.717) is 5.02 Å². The lowest BCUT2D eigenvalue weighted by molar-refractivity contribution is 0.146. The van der Waals surface area contributed by atoms with Gasteiger partial charge in [-0.2, -0.15) is 0 Å². The molecule has 0 bridgehead atoms. The van der Waals surface area contributed by atoms with Crippen LogP contribution >= 0.6 is 22.9 Å².